The summed E-state index contributed by atoms with van der Waals surface area (Å²) in [5.41, 5.74) is 0. The Hall–Kier alpha value is -2.43. The normalized spacial score (nSPS) is 10.2. The molecule has 0 fully saturated rings. The lowest BCUT2D eigenvalue weighted by Gasteiger charge is -2.15. The molecule has 0 bridgehead atoms. The molecule has 1 amide bonds. The standard InChI is InChI=1S/C15H17NO4/c1-4-19-13-9-12(20-15(17)16-2)10-7-5-6-8-11(10)14(13)18-3/h5-9H,4H2,1-3H3,(H,16,17). The van der Waals surface area contributed by atoms with Crippen LogP contribution in [0.1, 0.15) is 6.92 Å². The average Bonchev–Trinajstić information content (AvgIpc) is 2.47. The molecule has 0 heterocycles. The second kappa shape index (κ2) is 6.14. The van der Waals surface area contributed by atoms with Gasteiger partial charge in [-0.05, 0) is 6.92 Å². The van der Waals surface area contributed by atoms with E-state index in [2.05, 4.69) is 5.32 Å². The fourth-order valence-corrected chi connectivity index (χ4v) is 2.00. The van der Waals surface area contributed by atoms with Crippen LogP contribution in [0.25, 0.3) is 10.8 Å². The minimum Gasteiger partial charge on any atom is -0.492 e. The lowest BCUT2D eigenvalue weighted by atomic mass is 10.1. The van der Waals surface area contributed by atoms with Crippen LogP contribution in [0.2, 0.25) is 0 Å². The molecule has 0 aliphatic heterocycles. The SMILES string of the molecule is CCOc1cc(OC(=O)NC)c2ccccc2c1OC. The number of carbonyl (C=O) groups excluding carboxylic acids is 1. The quantitative estimate of drug-likeness (QED) is 0.932. The zero-order valence-electron chi connectivity index (χ0n) is 11.7. The third-order valence-electron chi connectivity index (χ3n) is 2.83. The Bertz CT molecular complexity index is 625. The van der Waals surface area contributed by atoms with Crippen LogP contribution in [-0.2, 0) is 0 Å². The van der Waals surface area contributed by atoms with Crippen LogP contribution in [0.3, 0.4) is 0 Å². The van der Waals surface area contributed by atoms with Crippen LogP contribution in [0.15, 0.2) is 30.3 Å². The van der Waals surface area contributed by atoms with Gasteiger partial charge in [0.15, 0.2) is 11.5 Å². The molecule has 5 nitrogen and oxygen atoms in total. The first-order chi connectivity index (χ1) is 9.71. The molecule has 0 spiro atoms. The zero-order valence-corrected chi connectivity index (χ0v) is 11.7. The summed E-state index contributed by atoms with van der Waals surface area (Å²) in [6, 6.07) is 9.20. The van der Waals surface area contributed by atoms with E-state index >= 15 is 0 Å². The maximum atomic E-state index is 11.4. The van der Waals surface area contributed by atoms with Gasteiger partial charge in [-0.3, -0.25) is 0 Å². The number of hydrogen-bond donors (Lipinski definition) is 1. The van der Waals surface area contributed by atoms with Gasteiger partial charge in [-0.2, -0.15) is 0 Å². The third kappa shape index (κ3) is 2.61. The van der Waals surface area contributed by atoms with Gasteiger partial charge in [0.25, 0.3) is 0 Å². The first-order valence-electron chi connectivity index (χ1n) is 6.33. The maximum absolute atomic E-state index is 11.4. The summed E-state index contributed by atoms with van der Waals surface area (Å²) in [6.07, 6.45) is -0.525. The molecule has 1 N–H and O–H groups in total. The molecule has 0 radical (unpaired) electrons. The predicted octanol–water partition coefficient (Wildman–Crippen LogP) is 2.97. The van der Waals surface area contributed by atoms with Crippen LogP contribution in [0.5, 0.6) is 17.2 Å². The predicted molar refractivity (Wildman–Crippen MR) is 76.8 cm³/mol. The summed E-state index contributed by atoms with van der Waals surface area (Å²) in [7, 11) is 3.10. The van der Waals surface area contributed by atoms with E-state index in [1.165, 1.54) is 7.05 Å². The van der Waals surface area contributed by atoms with Crippen LogP contribution in [0, 0.1) is 0 Å². The van der Waals surface area contributed by atoms with Gasteiger partial charge in [0.2, 0.25) is 0 Å². The molecule has 5 heteroatoms. The number of benzene rings is 2. The van der Waals surface area contributed by atoms with Crippen molar-refractivity contribution in [2.45, 2.75) is 6.92 Å². The topological polar surface area (TPSA) is 56.8 Å². The van der Waals surface area contributed by atoms with Crippen molar-refractivity contribution in [1.29, 1.82) is 0 Å². The molecule has 106 valence electrons. The summed E-state index contributed by atoms with van der Waals surface area (Å²) in [5.74, 6) is 1.61. The summed E-state index contributed by atoms with van der Waals surface area (Å²) in [6.45, 7) is 2.38. The van der Waals surface area contributed by atoms with Crippen LogP contribution >= 0.6 is 0 Å². The Morgan fingerprint density at radius 1 is 1.20 bits per heavy atom. The molecule has 20 heavy (non-hydrogen) atoms. The number of hydrogen-bond acceptors (Lipinski definition) is 4. The fraction of sp³-hybridized carbons (Fsp3) is 0.267. The van der Waals surface area contributed by atoms with E-state index in [0.29, 0.717) is 23.9 Å². The maximum Gasteiger partial charge on any atom is 0.412 e. The number of carbonyl (C=O) groups is 1. The van der Waals surface area contributed by atoms with E-state index < -0.39 is 6.09 Å². The van der Waals surface area contributed by atoms with Crippen LogP contribution in [0.4, 0.5) is 4.79 Å². The molecule has 0 aromatic heterocycles. The molecule has 2 aromatic rings. The van der Waals surface area contributed by atoms with Crippen molar-refractivity contribution in [2.75, 3.05) is 20.8 Å². The van der Waals surface area contributed by atoms with E-state index in [4.69, 9.17) is 14.2 Å². The Kier molecular flexibility index (Phi) is 4.30. The summed E-state index contributed by atoms with van der Waals surface area (Å²) < 4.78 is 16.2. The van der Waals surface area contributed by atoms with Gasteiger partial charge in [0, 0.05) is 23.9 Å². The van der Waals surface area contributed by atoms with Gasteiger partial charge in [-0.25, -0.2) is 4.79 Å². The minimum atomic E-state index is -0.525. The lowest BCUT2D eigenvalue weighted by Crippen LogP contribution is -2.22. The van der Waals surface area contributed by atoms with Crippen molar-refractivity contribution in [3.63, 3.8) is 0 Å². The second-order valence-electron chi connectivity index (χ2n) is 4.02. The first-order valence-corrected chi connectivity index (χ1v) is 6.33. The highest BCUT2D eigenvalue weighted by Crippen LogP contribution is 2.41. The van der Waals surface area contributed by atoms with E-state index in [0.717, 1.165) is 10.8 Å². The number of methoxy groups -OCH3 is 1. The third-order valence-corrected chi connectivity index (χ3v) is 2.83. The summed E-state index contributed by atoms with van der Waals surface area (Å²) >= 11 is 0. The van der Waals surface area contributed by atoms with Crippen molar-refractivity contribution >= 4 is 16.9 Å². The van der Waals surface area contributed by atoms with E-state index in [9.17, 15) is 4.79 Å². The van der Waals surface area contributed by atoms with E-state index in [1.54, 1.807) is 13.2 Å². The van der Waals surface area contributed by atoms with Gasteiger partial charge >= 0.3 is 6.09 Å². The van der Waals surface area contributed by atoms with Gasteiger partial charge < -0.3 is 19.5 Å². The number of fused-ring (bicyclic) bond motifs is 1. The monoisotopic (exact) mass is 275 g/mol. The highest BCUT2D eigenvalue weighted by atomic mass is 16.6. The van der Waals surface area contributed by atoms with E-state index in [-0.39, 0.29) is 0 Å². The molecule has 0 unspecified atom stereocenters. The minimum absolute atomic E-state index is 0.434. The molecule has 2 aromatic carbocycles. The number of amides is 1. The van der Waals surface area contributed by atoms with Crippen LogP contribution < -0.4 is 19.5 Å². The number of rotatable bonds is 4. The van der Waals surface area contributed by atoms with Crippen molar-refractivity contribution < 1.29 is 19.0 Å². The molecular formula is C15H17NO4. The summed E-state index contributed by atoms with van der Waals surface area (Å²) in [5, 5.41) is 4.05. The number of nitrogens with one attached hydrogen (secondary N) is 1. The molecule has 0 saturated heterocycles. The molecule has 2 rings (SSSR count). The largest absolute Gasteiger partial charge is 0.492 e. The van der Waals surface area contributed by atoms with Crippen molar-refractivity contribution in [3.05, 3.63) is 30.3 Å². The summed E-state index contributed by atoms with van der Waals surface area (Å²) in [4.78, 5) is 11.4. The van der Waals surface area contributed by atoms with Crippen molar-refractivity contribution in [2.24, 2.45) is 0 Å². The number of ether oxygens (including phenoxy) is 3. The molecule has 0 aliphatic rings. The van der Waals surface area contributed by atoms with Crippen LogP contribution in [-0.4, -0.2) is 26.9 Å². The van der Waals surface area contributed by atoms with Gasteiger partial charge in [0.05, 0.1) is 13.7 Å². The Morgan fingerprint density at radius 2 is 1.90 bits per heavy atom. The smallest absolute Gasteiger partial charge is 0.412 e. The first kappa shape index (κ1) is 14.0. The lowest BCUT2D eigenvalue weighted by molar-refractivity contribution is 0.203. The highest BCUT2D eigenvalue weighted by molar-refractivity contribution is 5.96. The zero-order chi connectivity index (χ0) is 14.5. The Labute approximate surface area is 117 Å². The molecule has 0 saturated carbocycles. The van der Waals surface area contributed by atoms with Gasteiger partial charge in [-0.15, -0.1) is 0 Å². The molecular weight excluding hydrogens is 258 g/mol. The second-order valence-corrected chi connectivity index (χ2v) is 4.02. The Morgan fingerprint density at radius 3 is 2.50 bits per heavy atom. The Balaban J connectivity index is 2.64. The van der Waals surface area contributed by atoms with Crippen molar-refractivity contribution in [3.8, 4) is 17.2 Å². The van der Waals surface area contributed by atoms with Gasteiger partial charge in [0.1, 0.15) is 5.75 Å². The molecule has 0 aliphatic carbocycles. The average molecular weight is 275 g/mol. The highest BCUT2D eigenvalue weighted by Gasteiger charge is 2.16. The van der Waals surface area contributed by atoms with E-state index in [1.807, 2.05) is 31.2 Å². The fourth-order valence-electron chi connectivity index (χ4n) is 2.00. The van der Waals surface area contributed by atoms with Crippen molar-refractivity contribution in [1.82, 2.24) is 5.32 Å². The molecule has 0 atom stereocenters. The van der Waals surface area contributed by atoms with Gasteiger partial charge in [-0.1, -0.05) is 24.3 Å².